The van der Waals surface area contributed by atoms with E-state index < -0.39 is 6.09 Å². The van der Waals surface area contributed by atoms with Crippen LogP contribution in [0.1, 0.15) is 45.4 Å². The molecule has 1 unspecified atom stereocenters. The van der Waals surface area contributed by atoms with Crippen molar-refractivity contribution in [1.82, 2.24) is 10.2 Å². The van der Waals surface area contributed by atoms with Gasteiger partial charge in [-0.2, -0.15) is 0 Å². The fourth-order valence-electron chi connectivity index (χ4n) is 4.37. The van der Waals surface area contributed by atoms with Gasteiger partial charge in [-0.05, 0) is 50.4 Å². The predicted octanol–water partition coefficient (Wildman–Crippen LogP) is 2.41. The van der Waals surface area contributed by atoms with Crippen molar-refractivity contribution in [2.75, 3.05) is 26.7 Å². The first-order valence-electron chi connectivity index (χ1n) is 8.67. The Morgan fingerprint density at radius 2 is 2.00 bits per heavy atom. The molecule has 0 aromatic heterocycles. The fraction of sp³-hybridized carbons (Fsp3) is 0.882. The molecule has 1 N–H and O–H groups in total. The first kappa shape index (κ1) is 15.6. The number of rotatable bonds is 5. The average molecular weight is 308 g/mol. The number of hydrogen-bond donors (Lipinski definition) is 1. The van der Waals surface area contributed by atoms with Crippen molar-refractivity contribution in [2.24, 2.45) is 23.2 Å². The lowest BCUT2D eigenvalue weighted by molar-refractivity contribution is -0.147. The molecule has 2 amide bonds. The maximum Gasteiger partial charge on any atom is 0.406 e. The molecule has 5 nitrogen and oxygen atoms in total. The van der Waals surface area contributed by atoms with E-state index in [4.69, 9.17) is 0 Å². The second kappa shape index (κ2) is 6.09. The number of nitrogens with zero attached hydrogens (tertiary/aromatic N) is 1. The van der Waals surface area contributed by atoms with Crippen molar-refractivity contribution < 1.29 is 14.3 Å². The Hall–Kier alpha value is -1.26. The summed E-state index contributed by atoms with van der Waals surface area (Å²) in [6, 6.07) is 0. The molecule has 0 bridgehead atoms. The van der Waals surface area contributed by atoms with E-state index in [0.717, 1.165) is 31.3 Å². The quantitative estimate of drug-likeness (QED) is 0.848. The minimum absolute atomic E-state index is 0.128. The van der Waals surface area contributed by atoms with Gasteiger partial charge in [0.2, 0.25) is 5.91 Å². The Bertz CT molecular complexity index is 441. The molecule has 0 radical (unpaired) electrons. The molecular formula is C17H28N2O3. The lowest BCUT2D eigenvalue weighted by Gasteiger charge is -2.49. The van der Waals surface area contributed by atoms with Gasteiger partial charge < -0.3 is 15.0 Å². The van der Waals surface area contributed by atoms with Gasteiger partial charge in [0.25, 0.3) is 0 Å². The maximum absolute atomic E-state index is 12.6. The van der Waals surface area contributed by atoms with Gasteiger partial charge in [-0.1, -0.05) is 6.92 Å². The lowest BCUT2D eigenvalue weighted by atomic mass is 9.76. The van der Waals surface area contributed by atoms with Crippen LogP contribution in [0.5, 0.6) is 0 Å². The summed E-state index contributed by atoms with van der Waals surface area (Å²) in [5, 5.41) is 2.65. The van der Waals surface area contributed by atoms with Gasteiger partial charge in [-0.3, -0.25) is 4.79 Å². The van der Waals surface area contributed by atoms with Crippen LogP contribution in [0.3, 0.4) is 0 Å². The van der Waals surface area contributed by atoms with Crippen LogP contribution < -0.4 is 5.32 Å². The van der Waals surface area contributed by atoms with E-state index in [-0.39, 0.29) is 11.8 Å². The number of ether oxygens (including phenoxy) is 1. The van der Waals surface area contributed by atoms with Gasteiger partial charge in [0.15, 0.2) is 0 Å². The number of likely N-dealkylation sites (tertiary alicyclic amines) is 1. The molecule has 1 spiro atoms. The third-order valence-corrected chi connectivity index (χ3v) is 5.91. The number of carbonyl (C=O) groups excluding carboxylic acids is 2. The first-order valence-corrected chi connectivity index (χ1v) is 8.67. The zero-order valence-electron chi connectivity index (χ0n) is 13.8. The minimum atomic E-state index is -0.464. The topological polar surface area (TPSA) is 58.6 Å². The number of amides is 2. The summed E-state index contributed by atoms with van der Waals surface area (Å²) in [7, 11) is 1.34. The summed E-state index contributed by atoms with van der Waals surface area (Å²) in [5.41, 5.74) is 0.428. The highest BCUT2D eigenvalue weighted by Gasteiger charge is 2.52. The molecule has 3 rings (SSSR count). The number of nitrogens with one attached hydrogen (secondary N) is 1. The third kappa shape index (κ3) is 3.08. The zero-order chi connectivity index (χ0) is 15.7. The van der Waals surface area contributed by atoms with Crippen LogP contribution in [0, 0.1) is 23.2 Å². The van der Waals surface area contributed by atoms with Gasteiger partial charge in [0.1, 0.15) is 0 Å². The molecular weight excluding hydrogens is 280 g/mol. The standard InChI is InChI=1S/C17H28N2O3/c1-3-12(9-18-16(21)22-2)15(20)19-10-17(11-19)7-6-14(8-17)13-4-5-13/h12-14H,3-11H2,1-2H3,(H,18,21)/t12-,14?/m1/s1. The molecule has 22 heavy (non-hydrogen) atoms. The van der Waals surface area contributed by atoms with Crippen LogP contribution in [0.2, 0.25) is 0 Å². The van der Waals surface area contributed by atoms with Gasteiger partial charge in [-0.25, -0.2) is 4.79 Å². The van der Waals surface area contributed by atoms with E-state index >= 15 is 0 Å². The zero-order valence-corrected chi connectivity index (χ0v) is 13.8. The van der Waals surface area contributed by atoms with Gasteiger partial charge >= 0.3 is 6.09 Å². The lowest BCUT2D eigenvalue weighted by Crippen LogP contribution is -2.59. The van der Waals surface area contributed by atoms with Gasteiger partial charge in [-0.15, -0.1) is 0 Å². The summed E-state index contributed by atoms with van der Waals surface area (Å²) >= 11 is 0. The molecule has 0 aromatic rings. The predicted molar refractivity (Wildman–Crippen MR) is 83.3 cm³/mol. The van der Waals surface area contributed by atoms with Crippen molar-refractivity contribution in [3.05, 3.63) is 0 Å². The van der Waals surface area contributed by atoms with Crippen LogP contribution in [-0.4, -0.2) is 43.6 Å². The van der Waals surface area contributed by atoms with E-state index in [0.29, 0.717) is 12.0 Å². The number of carbonyl (C=O) groups is 2. The Morgan fingerprint density at radius 3 is 2.59 bits per heavy atom. The highest BCUT2D eigenvalue weighted by atomic mass is 16.5. The molecule has 124 valence electrons. The molecule has 2 atom stereocenters. The van der Waals surface area contributed by atoms with Gasteiger partial charge in [0, 0.05) is 25.0 Å². The normalized spacial score (nSPS) is 27.4. The Morgan fingerprint density at radius 1 is 1.27 bits per heavy atom. The molecule has 3 fully saturated rings. The van der Waals surface area contributed by atoms with E-state index in [9.17, 15) is 9.59 Å². The number of hydrogen-bond acceptors (Lipinski definition) is 3. The molecule has 2 aliphatic carbocycles. The summed E-state index contributed by atoms with van der Waals surface area (Å²) in [6.07, 6.45) is 7.15. The number of alkyl carbamates (subject to hydrolysis) is 1. The van der Waals surface area contributed by atoms with Crippen molar-refractivity contribution in [3.63, 3.8) is 0 Å². The minimum Gasteiger partial charge on any atom is -0.453 e. The van der Waals surface area contributed by atoms with Crippen molar-refractivity contribution in [2.45, 2.75) is 45.4 Å². The maximum atomic E-state index is 12.6. The second-order valence-corrected chi connectivity index (χ2v) is 7.51. The van der Waals surface area contributed by atoms with Gasteiger partial charge in [0.05, 0.1) is 13.0 Å². The Labute approximate surface area is 132 Å². The molecule has 2 saturated carbocycles. The SMILES string of the molecule is CC[C@H](CNC(=O)OC)C(=O)N1CC2(CCC(C3CC3)C2)C1. The Kier molecular flexibility index (Phi) is 4.33. The van der Waals surface area contributed by atoms with E-state index in [1.807, 2.05) is 11.8 Å². The molecule has 1 aliphatic heterocycles. The molecule has 0 aromatic carbocycles. The summed E-state index contributed by atoms with van der Waals surface area (Å²) < 4.78 is 4.57. The van der Waals surface area contributed by atoms with Crippen molar-refractivity contribution in [1.29, 1.82) is 0 Å². The third-order valence-electron chi connectivity index (χ3n) is 5.91. The summed E-state index contributed by atoms with van der Waals surface area (Å²) in [6.45, 7) is 4.24. The molecule has 5 heteroatoms. The molecule has 1 heterocycles. The molecule has 1 saturated heterocycles. The van der Waals surface area contributed by atoms with Crippen LogP contribution in [0.25, 0.3) is 0 Å². The van der Waals surface area contributed by atoms with Crippen LogP contribution in [0.4, 0.5) is 4.79 Å². The van der Waals surface area contributed by atoms with E-state index in [2.05, 4.69) is 10.1 Å². The highest BCUT2D eigenvalue weighted by Crippen LogP contribution is 2.55. The van der Waals surface area contributed by atoms with Crippen molar-refractivity contribution in [3.8, 4) is 0 Å². The number of methoxy groups -OCH3 is 1. The summed E-state index contributed by atoms with van der Waals surface area (Å²) in [4.78, 5) is 25.7. The van der Waals surface area contributed by atoms with Crippen LogP contribution >= 0.6 is 0 Å². The monoisotopic (exact) mass is 308 g/mol. The van der Waals surface area contributed by atoms with E-state index in [1.165, 1.54) is 39.2 Å². The fourth-order valence-corrected chi connectivity index (χ4v) is 4.37. The van der Waals surface area contributed by atoms with E-state index in [1.54, 1.807) is 0 Å². The molecule has 3 aliphatic rings. The highest BCUT2D eigenvalue weighted by molar-refractivity contribution is 5.80. The van der Waals surface area contributed by atoms with Crippen molar-refractivity contribution >= 4 is 12.0 Å². The first-order chi connectivity index (χ1) is 10.6. The smallest absolute Gasteiger partial charge is 0.406 e. The van der Waals surface area contributed by atoms with Crippen LogP contribution in [-0.2, 0) is 9.53 Å². The summed E-state index contributed by atoms with van der Waals surface area (Å²) in [5.74, 6) is 1.99. The Balaban J connectivity index is 1.46. The van der Waals surface area contributed by atoms with Crippen LogP contribution in [0.15, 0.2) is 0 Å². The largest absolute Gasteiger partial charge is 0.453 e. The second-order valence-electron chi connectivity index (χ2n) is 7.51. The average Bonchev–Trinajstić information content (AvgIpc) is 3.24.